The Kier molecular flexibility index (Phi) is 6.54. The Hall–Kier alpha value is -1.03. The molecule has 0 heterocycles. The van der Waals surface area contributed by atoms with Crippen LogP contribution in [0.1, 0.15) is 54.4 Å². The lowest BCUT2D eigenvalue weighted by Gasteiger charge is -2.42. The van der Waals surface area contributed by atoms with Crippen molar-refractivity contribution in [3.63, 3.8) is 0 Å². The summed E-state index contributed by atoms with van der Waals surface area (Å²) in [6.45, 7) is 21.6. The van der Waals surface area contributed by atoms with Gasteiger partial charge in [-0.25, -0.2) is 0 Å². The molecule has 0 aromatic heterocycles. The van der Waals surface area contributed by atoms with Crippen LogP contribution in [0.4, 0.5) is 0 Å². The van der Waals surface area contributed by atoms with E-state index >= 15 is 0 Å². The highest BCUT2D eigenvalue weighted by Crippen LogP contribution is 2.45. The van der Waals surface area contributed by atoms with E-state index in [0.717, 1.165) is 18.6 Å². The van der Waals surface area contributed by atoms with Crippen LogP contribution in [-0.4, -0.2) is 21.4 Å². The van der Waals surface area contributed by atoms with Gasteiger partial charge in [0.05, 0.1) is 18.8 Å². The van der Waals surface area contributed by atoms with Gasteiger partial charge in [-0.3, -0.25) is 4.79 Å². The first-order chi connectivity index (χ1) is 10.8. The number of hydrogen-bond acceptors (Lipinski definition) is 3. The number of hydrogen-bond donors (Lipinski definition) is 0. The molecule has 3 nitrogen and oxygen atoms in total. The molecule has 138 valence electrons. The number of allylic oxidation sites excluding steroid dienone is 3. The minimum atomic E-state index is -1.90. The average molecular weight is 353 g/mol. The third kappa shape index (κ3) is 4.53. The lowest BCUT2D eigenvalue weighted by molar-refractivity contribution is -0.146. The monoisotopic (exact) mass is 352 g/mol. The maximum absolute atomic E-state index is 12.1. The first-order valence-corrected chi connectivity index (χ1v) is 11.8. The lowest BCUT2D eigenvalue weighted by Crippen LogP contribution is -2.42. The van der Waals surface area contributed by atoms with Gasteiger partial charge in [-0.2, -0.15) is 0 Å². The number of methoxy groups -OCH3 is 1. The van der Waals surface area contributed by atoms with Crippen molar-refractivity contribution >= 4 is 14.3 Å². The second kappa shape index (κ2) is 7.47. The molecule has 0 aromatic carbocycles. The molecule has 0 unspecified atom stereocenters. The highest BCUT2D eigenvalue weighted by Gasteiger charge is 2.42. The SMILES string of the molecule is C=C(C)[C@H]1CC(O[Si](C)(C)C(C)(C)C)=C(C)[C@@H]([C@@H](C)C(=O)OC)C1. The smallest absolute Gasteiger partial charge is 0.308 e. The van der Waals surface area contributed by atoms with E-state index in [1.807, 2.05) is 6.92 Å². The Bertz CT molecular complexity index is 525. The van der Waals surface area contributed by atoms with Gasteiger partial charge in [0.1, 0.15) is 0 Å². The van der Waals surface area contributed by atoms with E-state index in [1.54, 1.807) is 0 Å². The van der Waals surface area contributed by atoms with Crippen molar-refractivity contribution in [2.75, 3.05) is 7.11 Å². The number of rotatable bonds is 5. The zero-order valence-corrected chi connectivity index (χ0v) is 18.1. The molecule has 4 heteroatoms. The molecular formula is C20H36O3Si. The summed E-state index contributed by atoms with van der Waals surface area (Å²) in [5, 5.41) is 0.153. The Morgan fingerprint density at radius 1 is 1.33 bits per heavy atom. The minimum absolute atomic E-state index is 0.145. The van der Waals surface area contributed by atoms with Crippen LogP contribution in [0.25, 0.3) is 0 Å². The molecule has 0 aliphatic heterocycles. The van der Waals surface area contributed by atoms with E-state index in [0.29, 0.717) is 5.92 Å². The summed E-state index contributed by atoms with van der Waals surface area (Å²) < 4.78 is 11.6. The normalized spacial score (nSPS) is 23.7. The molecule has 0 saturated carbocycles. The first-order valence-electron chi connectivity index (χ1n) is 8.93. The maximum atomic E-state index is 12.1. The molecule has 1 aliphatic rings. The van der Waals surface area contributed by atoms with Crippen LogP contribution in [-0.2, 0) is 14.0 Å². The lowest BCUT2D eigenvalue weighted by atomic mass is 9.73. The number of carbonyl (C=O) groups excluding carboxylic acids is 1. The van der Waals surface area contributed by atoms with Crippen LogP contribution in [0.15, 0.2) is 23.5 Å². The molecule has 0 bridgehead atoms. The summed E-state index contributed by atoms with van der Waals surface area (Å²) >= 11 is 0. The summed E-state index contributed by atoms with van der Waals surface area (Å²) in [5.41, 5.74) is 2.39. The molecule has 0 amide bonds. The molecular weight excluding hydrogens is 316 g/mol. The van der Waals surface area contributed by atoms with E-state index in [2.05, 4.69) is 54.3 Å². The molecule has 0 saturated heterocycles. The van der Waals surface area contributed by atoms with E-state index in [1.165, 1.54) is 18.3 Å². The van der Waals surface area contributed by atoms with Gasteiger partial charge in [0.2, 0.25) is 8.32 Å². The molecule has 0 radical (unpaired) electrons. The molecule has 0 N–H and O–H groups in total. The first kappa shape index (κ1) is 21.0. The van der Waals surface area contributed by atoms with Crippen molar-refractivity contribution < 1.29 is 14.0 Å². The van der Waals surface area contributed by atoms with Gasteiger partial charge in [0.25, 0.3) is 0 Å². The van der Waals surface area contributed by atoms with E-state index in [4.69, 9.17) is 9.16 Å². The minimum Gasteiger partial charge on any atom is -0.547 e. The van der Waals surface area contributed by atoms with Gasteiger partial charge >= 0.3 is 5.97 Å². The van der Waals surface area contributed by atoms with Gasteiger partial charge in [-0.15, -0.1) is 0 Å². The molecule has 1 rings (SSSR count). The van der Waals surface area contributed by atoms with Gasteiger partial charge in [-0.1, -0.05) is 39.8 Å². The number of ether oxygens (including phenoxy) is 1. The Balaban J connectivity index is 3.22. The van der Waals surface area contributed by atoms with Crippen LogP contribution < -0.4 is 0 Å². The zero-order chi connectivity index (χ0) is 18.9. The predicted molar refractivity (Wildman–Crippen MR) is 103 cm³/mol. The summed E-state index contributed by atoms with van der Waals surface area (Å²) in [5.74, 6) is 1.31. The molecule has 0 fully saturated rings. The third-order valence-corrected chi connectivity index (χ3v) is 10.4. The van der Waals surface area contributed by atoms with Crippen molar-refractivity contribution in [1.82, 2.24) is 0 Å². The highest BCUT2D eigenvalue weighted by molar-refractivity contribution is 6.74. The summed E-state index contributed by atoms with van der Waals surface area (Å²) in [4.78, 5) is 12.1. The van der Waals surface area contributed by atoms with Crippen molar-refractivity contribution in [2.24, 2.45) is 17.8 Å². The Labute approximate surface area is 149 Å². The van der Waals surface area contributed by atoms with Gasteiger partial charge in [0.15, 0.2) is 0 Å². The van der Waals surface area contributed by atoms with Gasteiger partial charge in [-0.05, 0) is 55.8 Å². The molecule has 0 aromatic rings. The van der Waals surface area contributed by atoms with Gasteiger partial charge < -0.3 is 9.16 Å². The zero-order valence-electron chi connectivity index (χ0n) is 17.1. The number of esters is 1. The van der Waals surface area contributed by atoms with Crippen molar-refractivity contribution in [1.29, 1.82) is 0 Å². The fraction of sp³-hybridized carbons (Fsp3) is 0.750. The Morgan fingerprint density at radius 2 is 1.88 bits per heavy atom. The van der Waals surface area contributed by atoms with E-state index < -0.39 is 8.32 Å². The van der Waals surface area contributed by atoms with Crippen LogP contribution in [0.2, 0.25) is 18.1 Å². The largest absolute Gasteiger partial charge is 0.547 e. The second-order valence-electron chi connectivity index (χ2n) is 8.87. The van der Waals surface area contributed by atoms with Crippen molar-refractivity contribution in [3.8, 4) is 0 Å². The van der Waals surface area contributed by atoms with E-state index in [-0.39, 0.29) is 22.8 Å². The maximum Gasteiger partial charge on any atom is 0.308 e. The van der Waals surface area contributed by atoms with Crippen molar-refractivity contribution in [2.45, 2.75) is 72.5 Å². The van der Waals surface area contributed by atoms with Crippen LogP contribution in [0, 0.1) is 17.8 Å². The topological polar surface area (TPSA) is 35.5 Å². The second-order valence-corrected chi connectivity index (χ2v) is 13.6. The van der Waals surface area contributed by atoms with Crippen LogP contribution in [0.5, 0.6) is 0 Å². The molecule has 1 aliphatic carbocycles. The summed E-state index contributed by atoms with van der Waals surface area (Å²) in [6.07, 6.45) is 1.85. The van der Waals surface area contributed by atoms with Crippen LogP contribution >= 0.6 is 0 Å². The van der Waals surface area contributed by atoms with Crippen LogP contribution in [0.3, 0.4) is 0 Å². The third-order valence-electron chi connectivity index (χ3n) is 6.02. The predicted octanol–water partition coefficient (Wildman–Crippen LogP) is 5.69. The summed E-state index contributed by atoms with van der Waals surface area (Å²) in [6, 6.07) is 0. The molecule has 0 spiro atoms. The fourth-order valence-corrected chi connectivity index (χ4v) is 4.21. The summed E-state index contributed by atoms with van der Waals surface area (Å²) in [7, 11) is -0.440. The van der Waals surface area contributed by atoms with E-state index in [9.17, 15) is 4.79 Å². The quantitative estimate of drug-likeness (QED) is 0.362. The van der Waals surface area contributed by atoms with Crippen molar-refractivity contribution in [3.05, 3.63) is 23.5 Å². The number of carbonyl (C=O) groups is 1. The highest BCUT2D eigenvalue weighted by atomic mass is 28.4. The van der Waals surface area contributed by atoms with Gasteiger partial charge in [0, 0.05) is 6.42 Å². The Morgan fingerprint density at radius 3 is 2.29 bits per heavy atom. The average Bonchev–Trinajstić information content (AvgIpc) is 2.46. The molecule has 24 heavy (non-hydrogen) atoms. The standard InChI is InChI=1S/C20H36O3Si/c1-13(2)16-11-17(15(4)19(21)22-8)14(3)18(12-16)23-24(9,10)20(5,6)7/h15-17H,1,11-12H2,2-10H3/t15-,16-,17+/m1/s1. The molecule has 3 atom stereocenters. The fourth-order valence-electron chi connectivity index (χ4n) is 3.05.